The highest BCUT2D eigenvalue weighted by Crippen LogP contribution is 2.14. The normalized spacial score (nSPS) is 11.3. The highest BCUT2D eigenvalue weighted by atomic mass is 16.6. The summed E-state index contributed by atoms with van der Waals surface area (Å²) in [4.78, 5) is 22.7. The second-order valence-electron chi connectivity index (χ2n) is 4.78. The summed E-state index contributed by atoms with van der Waals surface area (Å²) >= 11 is 0. The van der Waals surface area contributed by atoms with Gasteiger partial charge in [0.15, 0.2) is 6.61 Å². The molecule has 0 amide bonds. The molecular formula is C18H20O5. The minimum atomic E-state index is -0.684. The number of ether oxygens (including phenoxy) is 2. The van der Waals surface area contributed by atoms with Gasteiger partial charge in [-0.15, -0.1) is 0 Å². The van der Waals surface area contributed by atoms with Gasteiger partial charge < -0.3 is 14.6 Å². The molecule has 23 heavy (non-hydrogen) atoms. The van der Waals surface area contributed by atoms with E-state index in [1.54, 1.807) is 36.4 Å². The summed E-state index contributed by atoms with van der Waals surface area (Å²) in [5, 5.41) is 9.65. The van der Waals surface area contributed by atoms with Gasteiger partial charge in [0, 0.05) is 5.57 Å². The standard InChI is InChI=1S/C18H20O5/c1-4-5-6-15(19)11-14-7-9-16(10-8-14)23-17(20)12-22-18(21)13(2)3/h5-11,19H,2,4,12H2,1,3H3/b6-5-,15-11+. The molecule has 122 valence electrons. The summed E-state index contributed by atoms with van der Waals surface area (Å²) in [5.74, 6) is -0.861. The maximum absolute atomic E-state index is 11.5. The molecule has 0 unspecified atom stereocenters. The molecule has 5 heteroatoms. The largest absolute Gasteiger partial charge is 0.508 e. The molecule has 0 saturated heterocycles. The number of esters is 2. The van der Waals surface area contributed by atoms with Crippen LogP contribution in [0.1, 0.15) is 25.8 Å². The fraction of sp³-hybridized carbons (Fsp3) is 0.222. The number of benzene rings is 1. The Morgan fingerprint density at radius 3 is 2.48 bits per heavy atom. The van der Waals surface area contributed by atoms with Gasteiger partial charge in [0.05, 0.1) is 0 Å². The van der Waals surface area contributed by atoms with E-state index in [-0.39, 0.29) is 11.3 Å². The van der Waals surface area contributed by atoms with Crippen molar-refractivity contribution in [3.63, 3.8) is 0 Å². The summed E-state index contributed by atoms with van der Waals surface area (Å²) in [6.07, 6.45) is 5.88. The number of carbonyl (C=O) groups excluding carboxylic acids is 2. The van der Waals surface area contributed by atoms with Crippen LogP contribution in [0, 0.1) is 0 Å². The van der Waals surface area contributed by atoms with Crippen LogP contribution in [0.15, 0.2) is 54.3 Å². The number of aliphatic hydroxyl groups excluding tert-OH is 1. The molecule has 5 nitrogen and oxygen atoms in total. The SMILES string of the molecule is C=C(C)C(=O)OCC(=O)Oc1ccc(/C=C(O)\C=C/CC)cc1. The molecule has 1 aromatic carbocycles. The second kappa shape index (κ2) is 9.25. The quantitative estimate of drug-likeness (QED) is 0.274. The molecule has 0 aliphatic rings. The lowest BCUT2D eigenvalue weighted by Gasteiger charge is -2.06. The van der Waals surface area contributed by atoms with Crippen LogP contribution in [0.3, 0.4) is 0 Å². The molecule has 1 rings (SSSR count). The van der Waals surface area contributed by atoms with Crippen molar-refractivity contribution >= 4 is 18.0 Å². The molecule has 0 fully saturated rings. The lowest BCUT2D eigenvalue weighted by molar-refractivity contribution is -0.150. The number of carbonyl (C=O) groups is 2. The maximum atomic E-state index is 11.5. The summed E-state index contributed by atoms with van der Waals surface area (Å²) in [5.41, 5.74) is 0.975. The topological polar surface area (TPSA) is 72.8 Å². The summed E-state index contributed by atoms with van der Waals surface area (Å²) in [6, 6.07) is 6.55. The lowest BCUT2D eigenvalue weighted by atomic mass is 10.2. The van der Waals surface area contributed by atoms with Gasteiger partial charge in [0.2, 0.25) is 0 Å². The van der Waals surface area contributed by atoms with Crippen molar-refractivity contribution in [2.75, 3.05) is 6.61 Å². The van der Waals surface area contributed by atoms with Crippen molar-refractivity contribution in [3.05, 3.63) is 59.9 Å². The van der Waals surface area contributed by atoms with Gasteiger partial charge in [0.1, 0.15) is 11.5 Å². The molecule has 0 radical (unpaired) electrons. The van der Waals surface area contributed by atoms with Crippen molar-refractivity contribution in [3.8, 4) is 5.75 Å². The first-order chi connectivity index (χ1) is 10.9. The van der Waals surface area contributed by atoms with Crippen molar-refractivity contribution < 1.29 is 24.2 Å². The van der Waals surface area contributed by atoms with Crippen molar-refractivity contribution in [1.29, 1.82) is 0 Å². The Kier molecular flexibility index (Phi) is 7.33. The minimum Gasteiger partial charge on any atom is -0.508 e. The number of allylic oxidation sites excluding steroid dienone is 2. The smallest absolute Gasteiger partial charge is 0.349 e. The minimum absolute atomic E-state index is 0.142. The Bertz CT molecular complexity index is 623. The van der Waals surface area contributed by atoms with Crippen LogP contribution in [0.25, 0.3) is 6.08 Å². The van der Waals surface area contributed by atoms with E-state index >= 15 is 0 Å². The predicted octanol–water partition coefficient (Wildman–Crippen LogP) is 3.58. The van der Waals surface area contributed by atoms with E-state index in [2.05, 4.69) is 11.3 Å². The van der Waals surface area contributed by atoms with Crippen LogP contribution in [-0.4, -0.2) is 23.7 Å². The second-order valence-corrected chi connectivity index (χ2v) is 4.78. The van der Waals surface area contributed by atoms with E-state index in [4.69, 9.17) is 4.74 Å². The average Bonchev–Trinajstić information content (AvgIpc) is 2.52. The highest BCUT2D eigenvalue weighted by Gasteiger charge is 2.09. The van der Waals surface area contributed by atoms with Crippen LogP contribution in [0.5, 0.6) is 5.75 Å². The van der Waals surface area contributed by atoms with E-state index < -0.39 is 18.5 Å². The molecule has 0 spiro atoms. The molecule has 0 aliphatic carbocycles. The molecule has 0 aliphatic heterocycles. The van der Waals surface area contributed by atoms with Crippen LogP contribution >= 0.6 is 0 Å². The highest BCUT2D eigenvalue weighted by molar-refractivity contribution is 5.88. The van der Waals surface area contributed by atoms with Crippen LogP contribution < -0.4 is 4.74 Å². The van der Waals surface area contributed by atoms with E-state index in [1.165, 1.54) is 6.92 Å². The van der Waals surface area contributed by atoms with E-state index in [1.807, 2.05) is 13.0 Å². The van der Waals surface area contributed by atoms with Crippen LogP contribution in [-0.2, 0) is 14.3 Å². The zero-order chi connectivity index (χ0) is 17.2. The molecule has 0 bridgehead atoms. The van der Waals surface area contributed by atoms with E-state index in [0.29, 0.717) is 5.75 Å². The third-order valence-electron chi connectivity index (χ3n) is 2.62. The fourth-order valence-corrected chi connectivity index (χ4v) is 1.50. The van der Waals surface area contributed by atoms with Gasteiger partial charge in [-0.3, -0.25) is 0 Å². The molecule has 0 saturated carbocycles. The Morgan fingerprint density at radius 1 is 1.26 bits per heavy atom. The van der Waals surface area contributed by atoms with E-state index in [9.17, 15) is 14.7 Å². The van der Waals surface area contributed by atoms with Crippen molar-refractivity contribution in [1.82, 2.24) is 0 Å². The third-order valence-corrected chi connectivity index (χ3v) is 2.62. The van der Waals surface area contributed by atoms with Crippen LogP contribution in [0.2, 0.25) is 0 Å². The number of rotatable bonds is 7. The molecular weight excluding hydrogens is 296 g/mol. The van der Waals surface area contributed by atoms with Crippen LogP contribution in [0.4, 0.5) is 0 Å². The summed E-state index contributed by atoms with van der Waals surface area (Å²) in [7, 11) is 0. The average molecular weight is 316 g/mol. The third kappa shape index (κ3) is 7.13. The Hall–Kier alpha value is -2.82. The van der Waals surface area contributed by atoms with Gasteiger partial charge in [-0.2, -0.15) is 0 Å². The first-order valence-electron chi connectivity index (χ1n) is 7.13. The fourth-order valence-electron chi connectivity index (χ4n) is 1.50. The molecule has 0 aromatic heterocycles. The van der Waals surface area contributed by atoms with Gasteiger partial charge >= 0.3 is 11.9 Å². The van der Waals surface area contributed by atoms with E-state index in [0.717, 1.165) is 12.0 Å². The first-order valence-corrected chi connectivity index (χ1v) is 7.13. The number of hydrogen-bond donors (Lipinski definition) is 1. The Balaban J connectivity index is 2.57. The molecule has 0 atom stereocenters. The molecule has 1 N–H and O–H groups in total. The Morgan fingerprint density at radius 2 is 1.91 bits per heavy atom. The Labute approximate surface area is 135 Å². The van der Waals surface area contributed by atoms with Gasteiger partial charge in [-0.25, -0.2) is 9.59 Å². The molecule has 0 heterocycles. The van der Waals surface area contributed by atoms with Gasteiger partial charge in [-0.05, 0) is 43.2 Å². The monoisotopic (exact) mass is 316 g/mol. The van der Waals surface area contributed by atoms with Crippen molar-refractivity contribution in [2.24, 2.45) is 0 Å². The summed E-state index contributed by atoms with van der Waals surface area (Å²) in [6.45, 7) is 6.40. The summed E-state index contributed by atoms with van der Waals surface area (Å²) < 4.78 is 9.71. The molecule has 1 aromatic rings. The van der Waals surface area contributed by atoms with Gasteiger partial charge in [0.25, 0.3) is 0 Å². The number of aliphatic hydroxyl groups is 1. The number of hydrogen-bond acceptors (Lipinski definition) is 5. The zero-order valence-corrected chi connectivity index (χ0v) is 13.2. The lowest BCUT2D eigenvalue weighted by Crippen LogP contribution is -2.18. The predicted molar refractivity (Wildman–Crippen MR) is 87.9 cm³/mol. The first kappa shape index (κ1) is 18.2. The van der Waals surface area contributed by atoms with Gasteiger partial charge in [-0.1, -0.05) is 31.7 Å². The maximum Gasteiger partial charge on any atom is 0.349 e. The van der Waals surface area contributed by atoms with Crippen molar-refractivity contribution in [2.45, 2.75) is 20.3 Å². The zero-order valence-electron chi connectivity index (χ0n) is 13.2.